The van der Waals surface area contributed by atoms with Gasteiger partial charge in [0.25, 0.3) is 0 Å². The third-order valence-electron chi connectivity index (χ3n) is 1.43. The van der Waals surface area contributed by atoms with E-state index in [2.05, 4.69) is 4.98 Å². The molecule has 0 spiro atoms. The predicted molar refractivity (Wildman–Crippen MR) is 43.5 cm³/mol. The van der Waals surface area contributed by atoms with Crippen molar-refractivity contribution >= 4 is 0 Å². The van der Waals surface area contributed by atoms with Gasteiger partial charge < -0.3 is 10.5 Å². The molecule has 0 aliphatic carbocycles. The summed E-state index contributed by atoms with van der Waals surface area (Å²) in [6, 6.07) is 3.81. The molecule has 0 saturated carbocycles. The molecule has 0 aliphatic heterocycles. The van der Waals surface area contributed by atoms with E-state index in [1.807, 2.05) is 12.1 Å². The van der Waals surface area contributed by atoms with E-state index in [1.54, 1.807) is 13.3 Å². The molecular formula is C8H12N2O. The summed E-state index contributed by atoms with van der Waals surface area (Å²) in [5.41, 5.74) is 6.37. The number of pyridine rings is 1. The second-order valence-corrected chi connectivity index (χ2v) is 2.23. The molecule has 1 rings (SSSR count). The van der Waals surface area contributed by atoms with Gasteiger partial charge >= 0.3 is 0 Å². The van der Waals surface area contributed by atoms with Crippen molar-refractivity contribution in [2.75, 3.05) is 13.7 Å². The summed E-state index contributed by atoms with van der Waals surface area (Å²) in [6.07, 6.45) is 2.52. The topological polar surface area (TPSA) is 48.1 Å². The molecular weight excluding hydrogens is 140 g/mol. The lowest BCUT2D eigenvalue weighted by molar-refractivity contribution is 0.412. The zero-order valence-electron chi connectivity index (χ0n) is 6.58. The minimum Gasteiger partial charge on any atom is -0.495 e. The summed E-state index contributed by atoms with van der Waals surface area (Å²) in [4.78, 5) is 4.13. The zero-order valence-corrected chi connectivity index (χ0v) is 6.58. The van der Waals surface area contributed by atoms with Crippen LogP contribution in [0.1, 0.15) is 5.69 Å². The second kappa shape index (κ2) is 3.93. The maximum absolute atomic E-state index is 5.36. The third kappa shape index (κ3) is 2.20. The molecule has 1 aromatic heterocycles. The van der Waals surface area contributed by atoms with E-state index < -0.39 is 0 Å². The van der Waals surface area contributed by atoms with Crippen LogP contribution in [-0.2, 0) is 6.42 Å². The van der Waals surface area contributed by atoms with Crippen LogP contribution < -0.4 is 10.5 Å². The first-order valence-corrected chi connectivity index (χ1v) is 3.56. The Kier molecular flexibility index (Phi) is 2.86. The lowest BCUT2D eigenvalue weighted by atomic mass is 10.3. The average Bonchev–Trinajstić information content (AvgIpc) is 2.07. The monoisotopic (exact) mass is 152 g/mol. The van der Waals surface area contributed by atoms with Crippen molar-refractivity contribution in [3.05, 3.63) is 24.0 Å². The van der Waals surface area contributed by atoms with Gasteiger partial charge in [0.05, 0.1) is 13.3 Å². The average molecular weight is 152 g/mol. The van der Waals surface area contributed by atoms with Gasteiger partial charge in [-0.15, -0.1) is 0 Å². The van der Waals surface area contributed by atoms with Gasteiger partial charge in [0.15, 0.2) is 0 Å². The molecule has 0 amide bonds. The Morgan fingerprint density at radius 3 is 2.82 bits per heavy atom. The van der Waals surface area contributed by atoms with Gasteiger partial charge in [0, 0.05) is 12.1 Å². The quantitative estimate of drug-likeness (QED) is 0.689. The number of methoxy groups -OCH3 is 1. The number of aromatic nitrogens is 1. The van der Waals surface area contributed by atoms with Crippen molar-refractivity contribution in [1.82, 2.24) is 4.98 Å². The van der Waals surface area contributed by atoms with E-state index in [-0.39, 0.29) is 0 Å². The van der Waals surface area contributed by atoms with Crippen molar-refractivity contribution in [2.24, 2.45) is 5.73 Å². The molecule has 3 heteroatoms. The molecule has 0 aliphatic rings. The fourth-order valence-corrected chi connectivity index (χ4v) is 0.827. The lowest BCUT2D eigenvalue weighted by Crippen LogP contribution is -2.03. The van der Waals surface area contributed by atoms with Gasteiger partial charge in [-0.3, -0.25) is 4.98 Å². The van der Waals surface area contributed by atoms with Crippen LogP contribution in [0.25, 0.3) is 0 Å². The van der Waals surface area contributed by atoms with Gasteiger partial charge in [-0.1, -0.05) is 0 Å². The number of nitrogens with zero attached hydrogens (tertiary/aromatic N) is 1. The fourth-order valence-electron chi connectivity index (χ4n) is 0.827. The van der Waals surface area contributed by atoms with E-state index in [4.69, 9.17) is 10.5 Å². The van der Waals surface area contributed by atoms with Crippen LogP contribution >= 0.6 is 0 Å². The van der Waals surface area contributed by atoms with Crippen LogP contribution in [0.4, 0.5) is 0 Å². The van der Waals surface area contributed by atoms with Crippen molar-refractivity contribution < 1.29 is 4.74 Å². The highest BCUT2D eigenvalue weighted by atomic mass is 16.5. The zero-order chi connectivity index (χ0) is 8.10. The molecule has 1 aromatic rings. The second-order valence-electron chi connectivity index (χ2n) is 2.23. The van der Waals surface area contributed by atoms with Gasteiger partial charge in [-0.2, -0.15) is 0 Å². The summed E-state index contributed by atoms with van der Waals surface area (Å²) in [5, 5.41) is 0. The molecule has 3 nitrogen and oxygen atoms in total. The molecule has 0 unspecified atom stereocenters. The molecule has 60 valence electrons. The Bertz CT molecular complexity index is 208. The molecule has 11 heavy (non-hydrogen) atoms. The Morgan fingerprint density at radius 1 is 1.55 bits per heavy atom. The summed E-state index contributed by atoms with van der Waals surface area (Å²) in [7, 11) is 1.62. The highest BCUT2D eigenvalue weighted by Crippen LogP contribution is 2.07. The van der Waals surface area contributed by atoms with Gasteiger partial charge in [0.2, 0.25) is 0 Å². The maximum Gasteiger partial charge on any atom is 0.137 e. The third-order valence-corrected chi connectivity index (χ3v) is 1.43. The predicted octanol–water partition coefficient (Wildman–Crippen LogP) is 0.591. The lowest BCUT2D eigenvalue weighted by Gasteiger charge is -1.99. The summed E-state index contributed by atoms with van der Waals surface area (Å²) in [6.45, 7) is 0.638. The Balaban J connectivity index is 2.66. The largest absolute Gasteiger partial charge is 0.495 e. The highest BCUT2D eigenvalue weighted by molar-refractivity contribution is 5.19. The Labute approximate surface area is 66.2 Å². The molecule has 0 aromatic carbocycles. The van der Waals surface area contributed by atoms with E-state index >= 15 is 0 Å². The number of hydrogen-bond acceptors (Lipinski definition) is 3. The van der Waals surface area contributed by atoms with Crippen LogP contribution in [-0.4, -0.2) is 18.6 Å². The van der Waals surface area contributed by atoms with Gasteiger partial charge in [-0.05, 0) is 18.7 Å². The molecule has 1 heterocycles. The normalized spacial score (nSPS) is 9.64. The number of rotatable bonds is 3. The van der Waals surface area contributed by atoms with Crippen LogP contribution in [0.5, 0.6) is 5.75 Å². The molecule has 2 N–H and O–H groups in total. The van der Waals surface area contributed by atoms with Crippen molar-refractivity contribution in [2.45, 2.75) is 6.42 Å². The van der Waals surface area contributed by atoms with Crippen LogP contribution in [0.3, 0.4) is 0 Å². The van der Waals surface area contributed by atoms with E-state index in [0.29, 0.717) is 6.54 Å². The number of ether oxygens (including phenoxy) is 1. The standard InChI is InChI=1S/C8H12N2O/c1-11-8-3-2-7(4-5-9)10-6-8/h2-3,6H,4-5,9H2,1H3. The van der Waals surface area contributed by atoms with Crippen molar-refractivity contribution in [3.63, 3.8) is 0 Å². The molecule has 0 radical (unpaired) electrons. The van der Waals surface area contributed by atoms with Crippen LogP contribution in [0, 0.1) is 0 Å². The molecule has 0 atom stereocenters. The first kappa shape index (κ1) is 8.01. The molecule has 0 bridgehead atoms. The Hall–Kier alpha value is -1.09. The Morgan fingerprint density at radius 2 is 2.36 bits per heavy atom. The first-order chi connectivity index (χ1) is 5.36. The summed E-state index contributed by atoms with van der Waals surface area (Å²) < 4.78 is 4.95. The van der Waals surface area contributed by atoms with Gasteiger partial charge in [0.1, 0.15) is 5.75 Å². The highest BCUT2D eigenvalue weighted by Gasteiger charge is 1.92. The van der Waals surface area contributed by atoms with Crippen molar-refractivity contribution in [3.8, 4) is 5.75 Å². The van der Waals surface area contributed by atoms with Crippen LogP contribution in [0.15, 0.2) is 18.3 Å². The minimum atomic E-state index is 0.638. The van der Waals surface area contributed by atoms with Crippen LogP contribution in [0.2, 0.25) is 0 Å². The maximum atomic E-state index is 5.36. The fraction of sp³-hybridized carbons (Fsp3) is 0.375. The first-order valence-electron chi connectivity index (χ1n) is 3.56. The summed E-state index contributed by atoms with van der Waals surface area (Å²) in [5.74, 6) is 0.783. The van der Waals surface area contributed by atoms with E-state index in [0.717, 1.165) is 17.9 Å². The van der Waals surface area contributed by atoms with E-state index in [9.17, 15) is 0 Å². The number of hydrogen-bond donors (Lipinski definition) is 1. The number of nitrogens with two attached hydrogens (primary N) is 1. The molecule has 0 saturated heterocycles. The minimum absolute atomic E-state index is 0.638. The molecule has 0 fully saturated rings. The van der Waals surface area contributed by atoms with E-state index in [1.165, 1.54) is 0 Å². The smallest absolute Gasteiger partial charge is 0.137 e. The SMILES string of the molecule is COc1ccc(CCN)nc1. The summed E-state index contributed by atoms with van der Waals surface area (Å²) >= 11 is 0. The van der Waals surface area contributed by atoms with Crippen molar-refractivity contribution in [1.29, 1.82) is 0 Å². The van der Waals surface area contributed by atoms with Gasteiger partial charge in [-0.25, -0.2) is 0 Å².